The molecule has 4 heteroatoms. The number of benzene rings is 1. The van der Waals surface area contributed by atoms with Gasteiger partial charge >= 0.3 is 11.9 Å². The quantitative estimate of drug-likeness (QED) is 0.343. The summed E-state index contributed by atoms with van der Waals surface area (Å²) < 4.78 is 0. The van der Waals surface area contributed by atoms with E-state index in [4.69, 9.17) is 0 Å². The Morgan fingerprint density at radius 1 is 0.704 bits per heavy atom. The highest BCUT2D eigenvalue weighted by atomic mass is 16.4. The second-order valence-corrected chi connectivity index (χ2v) is 7.42. The zero-order chi connectivity index (χ0) is 20.1. The van der Waals surface area contributed by atoms with Gasteiger partial charge in [0.15, 0.2) is 0 Å². The standard InChI is InChI=1S/C23H36O4/c1-3-5-6-7-8-9-10-11-12-13-15-18-16-17-20(22(24)25)21(23(26)27)19(18)14-4-2/h16-17H,3-15H2,1-2H3,(H,24,25)(H,26,27). The lowest BCUT2D eigenvalue weighted by molar-refractivity contribution is 0.0650. The van der Waals surface area contributed by atoms with Gasteiger partial charge < -0.3 is 10.2 Å². The maximum atomic E-state index is 11.7. The van der Waals surface area contributed by atoms with Crippen LogP contribution in [0.3, 0.4) is 0 Å². The Bertz CT molecular complexity index is 592. The molecular weight excluding hydrogens is 340 g/mol. The average Bonchev–Trinajstić information content (AvgIpc) is 2.63. The molecule has 0 saturated heterocycles. The molecule has 1 aromatic rings. The Morgan fingerprint density at radius 3 is 1.74 bits per heavy atom. The molecule has 0 aromatic heterocycles. The topological polar surface area (TPSA) is 74.6 Å². The summed E-state index contributed by atoms with van der Waals surface area (Å²) in [5.41, 5.74) is 1.59. The second-order valence-electron chi connectivity index (χ2n) is 7.42. The number of carboxylic acid groups (broad SMARTS) is 2. The Hall–Kier alpha value is -1.84. The van der Waals surface area contributed by atoms with Crippen molar-refractivity contribution in [2.75, 3.05) is 0 Å². The number of rotatable bonds is 15. The van der Waals surface area contributed by atoms with Crippen molar-refractivity contribution in [2.45, 2.75) is 97.3 Å². The van der Waals surface area contributed by atoms with E-state index < -0.39 is 11.9 Å². The second kappa shape index (κ2) is 13.3. The maximum Gasteiger partial charge on any atom is 0.336 e. The third-order valence-electron chi connectivity index (χ3n) is 5.15. The van der Waals surface area contributed by atoms with Crippen LogP contribution in [0, 0.1) is 0 Å². The van der Waals surface area contributed by atoms with Gasteiger partial charge in [-0.3, -0.25) is 0 Å². The Kier molecular flexibility index (Phi) is 11.5. The molecule has 4 nitrogen and oxygen atoms in total. The van der Waals surface area contributed by atoms with Crippen LogP contribution in [-0.2, 0) is 12.8 Å². The van der Waals surface area contributed by atoms with Crippen LogP contribution in [-0.4, -0.2) is 22.2 Å². The fourth-order valence-corrected chi connectivity index (χ4v) is 3.69. The number of carbonyl (C=O) groups is 2. The molecule has 0 atom stereocenters. The molecule has 0 bridgehead atoms. The summed E-state index contributed by atoms with van der Waals surface area (Å²) in [7, 11) is 0. The van der Waals surface area contributed by atoms with Gasteiger partial charge in [-0.25, -0.2) is 9.59 Å². The van der Waals surface area contributed by atoms with E-state index in [1.807, 2.05) is 13.0 Å². The van der Waals surface area contributed by atoms with Crippen LogP contribution in [0.25, 0.3) is 0 Å². The predicted octanol–water partition coefficient (Wildman–Crippen LogP) is 6.50. The van der Waals surface area contributed by atoms with Gasteiger partial charge in [0.05, 0.1) is 11.1 Å². The van der Waals surface area contributed by atoms with E-state index in [1.54, 1.807) is 0 Å². The van der Waals surface area contributed by atoms with Gasteiger partial charge in [-0.05, 0) is 36.5 Å². The van der Waals surface area contributed by atoms with Gasteiger partial charge in [-0.1, -0.05) is 84.1 Å². The molecule has 152 valence electrons. The zero-order valence-electron chi connectivity index (χ0n) is 17.1. The minimum absolute atomic E-state index is 0.0195. The highest BCUT2D eigenvalue weighted by molar-refractivity contribution is 6.03. The number of aryl methyl sites for hydroxylation is 1. The molecule has 0 heterocycles. The van der Waals surface area contributed by atoms with Crippen molar-refractivity contribution in [1.29, 1.82) is 0 Å². The van der Waals surface area contributed by atoms with Crippen LogP contribution in [0.15, 0.2) is 12.1 Å². The van der Waals surface area contributed by atoms with E-state index in [-0.39, 0.29) is 11.1 Å². The van der Waals surface area contributed by atoms with E-state index in [1.165, 1.54) is 57.4 Å². The molecule has 27 heavy (non-hydrogen) atoms. The van der Waals surface area contributed by atoms with E-state index in [0.717, 1.165) is 31.2 Å². The Morgan fingerprint density at radius 2 is 1.26 bits per heavy atom. The smallest absolute Gasteiger partial charge is 0.336 e. The lowest BCUT2D eigenvalue weighted by Crippen LogP contribution is -2.14. The van der Waals surface area contributed by atoms with Gasteiger partial charge in [0, 0.05) is 0 Å². The molecule has 0 radical (unpaired) electrons. The normalized spacial score (nSPS) is 10.9. The Labute approximate surface area is 164 Å². The van der Waals surface area contributed by atoms with Gasteiger partial charge in [0.25, 0.3) is 0 Å². The van der Waals surface area contributed by atoms with Gasteiger partial charge in [-0.2, -0.15) is 0 Å². The highest BCUT2D eigenvalue weighted by Crippen LogP contribution is 2.24. The van der Waals surface area contributed by atoms with Crippen molar-refractivity contribution in [3.05, 3.63) is 34.4 Å². The number of aromatic carboxylic acids is 2. The summed E-state index contributed by atoms with van der Waals surface area (Å²) in [4.78, 5) is 23.0. The molecular formula is C23H36O4. The van der Waals surface area contributed by atoms with E-state index >= 15 is 0 Å². The van der Waals surface area contributed by atoms with Crippen molar-refractivity contribution in [3.8, 4) is 0 Å². The number of hydrogen-bond donors (Lipinski definition) is 2. The number of unbranched alkanes of at least 4 members (excludes halogenated alkanes) is 9. The summed E-state index contributed by atoms with van der Waals surface area (Å²) in [5, 5.41) is 18.8. The van der Waals surface area contributed by atoms with Crippen molar-refractivity contribution in [1.82, 2.24) is 0 Å². The predicted molar refractivity (Wildman–Crippen MR) is 110 cm³/mol. The number of hydrogen-bond acceptors (Lipinski definition) is 2. The zero-order valence-corrected chi connectivity index (χ0v) is 17.1. The molecule has 0 unspecified atom stereocenters. The first kappa shape index (κ1) is 23.2. The molecule has 0 aliphatic carbocycles. The fraction of sp³-hybridized carbons (Fsp3) is 0.652. The van der Waals surface area contributed by atoms with Crippen molar-refractivity contribution in [2.24, 2.45) is 0 Å². The minimum Gasteiger partial charge on any atom is -0.478 e. The molecule has 0 saturated carbocycles. The lowest BCUT2D eigenvalue weighted by atomic mass is 9.90. The molecule has 0 aliphatic heterocycles. The minimum atomic E-state index is -1.17. The molecule has 2 N–H and O–H groups in total. The van der Waals surface area contributed by atoms with Crippen LogP contribution in [0.4, 0.5) is 0 Å². The van der Waals surface area contributed by atoms with E-state index in [0.29, 0.717) is 12.0 Å². The lowest BCUT2D eigenvalue weighted by Gasteiger charge is -2.14. The summed E-state index contributed by atoms with van der Waals surface area (Å²) in [6.07, 6.45) is 14.9. The number of carboxylic acids is 2. The molecule has 1 aromatic carbocycles. The van der Waals surface area contributed by atoms with Crippen LogP contribution in [0.2, 0.25) is 0 Å². The van der Waals surface area contributed by atoms with Crippen molar-refractivity contribution in [3.63, 3.8) is 0 Å². The molecule has 1 rings (SSSR count). The van der Waals surface area contributed by atoms with E-state index in [9.17, 15) is 19.8 Å². The van der Waals surface area contributed by atoms with Crippen LogP contribution < -0.4 is 0 Å². The van der Waals surface area contributed by atoms with Gasteiger partial charge in [0.1, 0.15) is 0 Å². The van der Waals surface area contributed by atoms with Crippen LogP contribution in [0.1, 0.15) is 116 Å². The van der Waals surface area contributed by atoms with Crippen molar-refractivity contribution < 1.29 is 19.8 Å². The van der Waals surface area contributed by atoms with Gasteiger partial charge in [0.2, 0.25) is 0 Å². The van der Waals surface area contributed by atoms with Crippen LogP contribution >= 0.6 is 0 Å². The largest absolute Gasteiger partial charge is 0.478 e. The summed E-state index contributed by atoms with van der Waals surface area (Å²) in [6, 6.07) is 3.27. The van der Waals surface area contributed by atoms with Crippen molar-refractivity contribution >= 4 is 11.9 Å². The molecule has 0 aliphatic rings. The average molecular weight is 377 g/mol. The first-order valence-corrected chi connectivity index (χ1v) is 10.6. The SMILES string of the molecule is CCCCCCCCCCCCc1ccc(C(=O)O)c(C(=O)O)c1CCC. The monoisotopic (exact) mass is 376 g/mol. The Balaban J connectivity index is 2.54. The fourth-order valence-electron chi connectivity index (χ4n) is 3.69. The summed E-state index contributed by atoms with van der Waals surface area (Å²) in [5.74, 6) is -2.31. The molecule has 0 amide bonds. The van der Waals surface area contributed by atoms with Gasteiger partial charge in [-0.15, -0.1) is 0 Å². The summed E-state index contributed by atoms with van der Waals surface area (Å²) >= 11 is 0. The molecule has 0 spiro atoms. The molecule has 0 fully saturated rings. The van der Waals surface area contributed by atoms with Crippen LogP contribution in [0.5, 0.6) is 0 Å². The summed E-state index contributed by atoms with van der Waals surface area (Å²) in [6.45, 7) is 4.23. The third kappa shape index (κ3) is 8.15. The highest BCUT2D eigenvalue weighted by Gasteiger charge is 2.22. The first-order chi connectivity index (χ1) is 13.0. The maximum absolute atomic E-state index is 11.7. The third-order valence-corrected chi connectivity index (χ3v) is 5.15. The first-order valence-electron chi connectivity index (χ1n) is 10.6. The van der Waals surface area contributed by atoms with E-state index in [2.05, 4.69) is 6.92 Å².